The number of anilines is 1. The monoisotopic (exact) mass is 265 g/mol. The van der Waals surface area contributed by atoms with Crippen LogP contribution in [0.25, 0.3) is 5.69 Å². The highest BCUT2D eigenvalue weighted by molar-refractivity contribution is 5.46. The average Bonchev–Trinajstić information content (AvgIpc) is 2.97. The maximum Gasteiger partial charge on any atom is 0.207 e. The van der Waals surface area contributed by atoms with Crippen molar-refractivity contribution in [3.05, 3.63) is 67.0 Å². The van der Waals surface area contributed by atoms with Crippen LogP contribution in [0.2, 0.25) is 0 Å². The molecule has 0 radical (unpaired) electrons. The molecule has 0 spiro atoms. The van der Waals surface area contributed by atoms with Crippen molar-refractivity contribution in [1.29, 1.82) is 0 Å². The molecule has 1 N–H and O–H groups in total. The van der Waals surface area contributed by atoms with Crippen molar-refractivity contribution in [3.8, 4) is 17.2 Å². The molecular formula is C16H15N3O. The summed E-state index contributed by atoms with van der Waals surface area (Å²) in [7, 11) is 1.85. The van der Waals surface area contributed by atoms with E-state index < -0.39 is 0 Å². The molecule has 3 aromatic rings. The fourth-order valence-electron chi connectivity index (χ4n) is 2.02. The quantitative estimate of drug-likeness (QED) is 0.781. The van der Waals surface area contributed by atoms with E-state index in [0.29, 0.717) is 0 Å². The Morgan fingerprint density at radius 3 is 2.60 bits per heavy atom. The molecule has 3 rings (SSSR count). The first-order valence-corrected chi connectivity index (χ1v) is 6.41. The molecule has 0 amide bonds. The number of hydrogen-bond donors (Lipinski definition) is 1. The lowest BCUT2D eigenvalue weighted by atomic mass is 10.3. The van der Waals surface area contributed by atoms with Crippen LogP contribution in [-0.4, -0.2) is 16.6 Å². The van der Waals surface area contributed by atoms with Crippen molar-refractivity contribution < 1.29 is 4.74 Å². The largest absolute Gasteiger partial charge is 0.457 e. The smallest absolute Gasteiger partial charge is 0.207 e. The SMILES string of the molecule is CNc1nccn1-c1cccc(Oc2ccccc2)c1. The molecule has 20 heavy (non-hydrogen) atoms. The molecule has 0 aliphatic carbocycles. The van der Waals surface area contributed by atoms with E-state index in [1.165, 1.54) is 0 Å². The first-order valence-electron chi connectivity index (χ1n) is 6.41. The molecule has 1 heterocycles. The fourth-order valence-corrected chi connectivity index (χ4v) is 2.02. The third-order valence-corrected chi connectivity index (χ3v) is 2.94. The van der Waals surface area contributed by atoms with E-state index in [9.17, 15) is 0 Å². The van der Waals surface area contributed by atoms with Crippen molar-refractivity contribution in [2.75, 3.05) is 12.4 Å². The second-order valence-electron chi connectivity index (χ2n) is 4.28. The lowest BCUT2D eigenvalue weighted by Gasteiger charge is -2.10. The molecular weight excluding hydrogens is 250 g/mol. The van der Waals surface area contributed by atoms with Gasteiger partial charge in [0, 0.05) is 25.5 Å². The van der Waals surface area contributed by atoms with Gasteiger partial charge in [-0.05, 0) is 24.3 Å². The molecule has 0 saturated carbocycles. The van der Waals surface area contributed by atoms with Crippen LogP contribution < -0.4 is 10.1 Å². The Balaban J connectivity index is 1.90. The molecule has 0 aliphatic heterocycles. The van der Waals surface area contributed by atoms with Crippen molar-refractivity contribution in [3.63, 3.8) is 0 Å². The Labute approximate surface area is 117 Å². The fraction of sp³-hybridized carbons (Fsp3) is 0.0625. The van der Waals surface area contributed by atoms with Crippen molar-refractivity contribution in [2.45, 2.75) is 0 Å². The van der Waals surface area contributed by atoms with Crippen molar-refractivity contribution in [2.24, 2.45) is 0 Å². The number of imidazole rings is 1. The zero-order valence-electron chi connectivity index (χ0n) is 11.2. The van der Waals surface area contributed by atoms with Crippen molar-refractivity contribution >= 4 is 5.95 Å². The predicted molar refractivity (Wildman–Crippen MR) is 79.6 cm³/mol. The third-order valence-electron chi connectivity index (χ3n) is 2.94. The normalized spacial score (nSPS) is 10.2. The number of nitrogens with one attached hydrogen (secondary N) is 1. The molecule has 100 valence electrons. The van der Waals surface area contributed by atoms with Gasteiger partial charge in [0.25, 0.3) is 0 Å². The van der Waals surface area contributed by atoms with Gasteiger partial charge in [0.05, 0.1) is 5.69 Å². The highest BCUT2D eigenvalue weighted by Gasteiger charge is 2.04. The van der Waals surface area contributed by atoms with Crippen LogP contribution in [0.5, 0.6) is 11.5 Å². The highest BCUT2D eigenvalue weighted by Crippen LogP contribution is 2.24. The minimum Gasteiger partial charge on any atom is -0.457 e. The van der Waals surface area contributed by atoms with E-state index in [2.05, 4.69) is 10.3 Å². The second-order valence-corrected chi connectivity index (χ2v) is 4.28. The lowest BCUT2D eigenvalue weighted by molar-refractivity contribution is 0.482. The highest BCUT2D eigenvalue weighted by atomic mass is 16.5. The molecule has 0 saturated heterocycles. The van der Waals surface area contributed by atoms with Gasteiger partial charge < -0.3 is 10.1 Å². The number of ether oxygens (including phenoxy) is 1. The summed E-state index contributed by atoms with van der Waals surface area (Å²) in [6.07, 6.45) is 3.67. The molecule has 0 unspecified atom stereocenters. The zero-order chi connectivity index (χ0) is 13.8. The Morgan fingerprint density at radius 1 is 1.00 bits per heavy atom. The van der Waals surface area contributed by atoms with Crippen LogP contribution in [0.3, 0.4) is 0 Å². The van der Waals surface area contributed by atoms with Gasteiger partial charge in [-0.1, -0.05) is 24.3 Å². The number of nitrogens with zero attached hydrogens (tertiary/aromatic N) is 2. The Hall–Kier alpha value is -2.75. The second kappa shape index (κ2) is 5.48. The van der Waals surface area contributed by atoms with Gasteiger partial charge in [-0.15, -0.1) is 0 Å². The molecule has 0 bridgehead atoms. The summed E-state index contributed by atoms with van der Waals surface area (Å²) in [5.41, 5.74) is 1.00. The van der Waals surface area contributed by atoms with Crippen LogP contribution in [0.15, 0.2) is 67.0 Å². The minimum atomic E-state index is 0.793. The summed E-state index contributed by atoms with van der Waals surface area (Å²) in [5.74, 6) is 2.41. The number of aromatic nitrogens is 2. The van der Waals surface area contributed by atoms with E-state index in [4.69, 9.17) is 4.74 Å². The minimum absolute atomic E-state index is 0.793. The van der Waals surface area contributed by atoms with Gasteiger partial charge >= 0.3 is 0 Å². The molecule has 0 atom stereocenters. The maximum atomic E-state index is 5.84. The first-order chi connectivity index (χ1) is 9.86. The van der Waals surface area contributed by atoms with Gasteiger partial charge in [-0.2, -0.15) is 0 Å². The molecule has 4 nitrogen and oxygen atoms in total. The van der Waals surface area contributed by atoms with E-state index in [1.807, 2.05) is 72.4 Å². The van der Waals surface area contributed by atoms with Crippen LogP contribution in [0.4, 0.5) is 5.95 Å². The van der Waals surface area contributed by atoms with Crippen molar-refractivity contribution in [1.82, 2.24) is 9.55 Å². The standard InChI is InChI=1S/C16H15N3O/c1-17-16-18-10-11-19(16)13-6-5-9-15(12-13)20-14-7-3-2-4-8-14/h2-12H,1H3,(H,17,18). The summed E-state index contributed by atoms with van der Waals surface area (Å²) in [6.45, 7) is 0. The summed E-state index contributed by atoms with van der Waals surface area (Å²) in [6, 6.07) is 17.6. The number of hydrogen-bond acceptors (Lipinski definition) is 3. The number of benzene rings is 2. The van der Waals surface area contributed by atoms with Gasteiger partial charge in [0.2, 0.25) is 5.95 Å². The molecule has 1 aromatic heterocycles. The van der Waals surface area contributed by atoms with Gasteiger partial charge in [0.1, 0.15) is 11.5 Å². The summed E-state index contributed by atoms with van der Waals surface area (Å²) >= 11 is 0. The number of rotatable bonds is 4. The maximum absolute atomic E-state index is 5.84. The Morgan fingerprint density at radius 2 is 1.80 bits per heavy atom. The average molecular weight is 265 g/mol. The molecule has 4 heteroatoms. The van der Waals surface area contributed by atoms with E-state index in [1.54, 1.807) is 6.20 Å². The molecule has 0 aliphatic rings. The molecule has 2 aromatic carbocycles. The molecule has 0 fully saturated rings. The van der Waals surface area contributed by atoms with Gasteiger partial charge in [-0.3, -0.25) is 4.57 Å². The Bertz CT molecular complexity index is 692. The van der Waals surface area contributed by atoms with E-state index in [-0.39, 0.29) is 0 Å². The van der Waals surface area contributed by atoms with Gasteiger partial charge in [-0.25, -0.2) is 4.98 Å². The lowest BCUT2D eigenvalue weighted by Crippen LogP contribution is -2.00. The van der Waals surface area contributed by atoms with Crippen LogP contribution in [0, 0.1) is 0 Å². The summed E-state index contributed by atoms with van der Waals surface area (Å²) in [4.78, 5) is 4.24. The summed E-state index contributed by atoms with van der Waals surface area (Å²) in [5, 5.41) is 3.05. The van der Waals surface area contributed by atoms with Crippen LogP contribution >= 0.6 is 0 Å². The topological polar surface area (TPSA) is 39.1 Å². The number of para-hydroxylation sites is 1. The van der Waals surface area contributed by atoms with Crippen LogP contribution in [0.1, 0.15) is 0 Å². The van der Waals surface area contributed by atoms with E-state index in [0.717, 1.165) is 23.1 Å². The van der Waals surface area contributed by atoms with E-state index >= 15 is 0 Å². The van der Waals surface area contributed by atoms with Crippen LogP contribution in [-0.2, 0) is 0 Å². The Kier molecular flexibility index (Phi) is 3.37. The first kappa shape index (κ1) is 12.3. The zero-order valence-corrected chi connectivity index (χ0v) is 11.2. The summed E-state index contributed by atoms with van der Waals surface area (Å²) < 4.78 is 7.81. The van der Waals surface area contributed by atoms with Gasteiger partial charge in [0.15, 0.2) is 0 Å². The predicted octanol–water partition coefficient (Wildman–Crippen LogP) is 3.71. The third kappa shape index (κ3) is 2.49.